The zero-order chi connectivity index (χ0) is 41.0. The van der Waals surface area contributed by atoms with Crippen LogP contribution in [0.4, 0.5) is 4.79 Å². The number of ether oxygens (including phenoxy) is 2. The summed E-state index contributed by atoms with van der Waals surface area (Å²) in [4.78, 5) is 53.3. The fourth-order valence-corrected chi connectivity index (χ4v) is 6.63. The molecule has 306 valence electrons. The summed E-state index contributed by atoms with van der Waals surface area (Å²) in [5, 5.41) is 18.3. The molecule has 0 aromatic heterocycles. The van der Waals surface area contributed by atoms with E-state index in [1.807, 2.05) is 57.2 Å². The van der Waals surface area contributed by atoms with Gasteiger partial charge in [-0.3, -0.25) is 9.59 Å². The standard InChI is InChI=1S/C41H57N5O9S/c1-30(2)28-54-39(50)41(42,23-11-13-25-44-56(52,53)35-21-19-31(3)20-22-35)38(49)46-36(26-32-14-6-4-7-15-32)37(48)45-34(27-47)18-10-12-24-43-40(51)55-29-33-16-8-5-9-17-33/h4-9,14-17,19-22,30,34,36,44,47H,10-13,18,23-29,42H2,1-3H3,(H,43,51)(H,45,48)(H,46,49)/t34-,36-,41+/m0/s1. The summed E-state index contributed by atoms with van der Waals surface area (Å²) < 4.78 is 38.6. The van der Waals surface area contributed by atoms with Crippen molar-refractivity contribution in [3.05, 3.63) is 102 Å². The minimum atomic E-state index is -3.77. The fraction of sp³-hybridized carbons (Fsp3) is 0.463. The second-order valence-corrected chi connectivity index (χ2v) is 16.0. The Hall–Kier alpha value is -4.83. The van der Waals surface area contributed by atoms with Crippen LogP contribution >= 0.6 is 0 Å². The molecule has 0 fully saturated rings. The first-order valence-electron chi connectivity index (χ1n) is 19.0. The van der Waals surface area contributed by atoms with Crippen LogP contribution in [0.5, 0.6) is 0 Å². The predicted molar refractivity (Wildman–Crippen MR) is 213 cm³/mol. The summed E-state index contributed by atoms with van der Waals surface area (Å²) in [6, 6.07) is 22.8. The molecule has 56 heavy (non-hydrogen) atoms. The summed E-state index contributed by atoms with van der Waals surface area (Å²) in [5.41, 5.74) is 6.87. The first-order chi connectivity index (χ1) is 26.7. The number of aryl methyl sites for hydroxylation is 1. The molecule has 3 rings (SSSR count). The van der Waals surface area contributed by atoms with Gasteiger partial charge < -0.3 is 36.3 Å². The number of aliphatic hydroxyl groups is 1. The molecular formula is C41H57N5O9S. The third-order valence-electron chi connectivity index (χ3n) is 8.87. The van der Waals surface area contributed by atoms with Crippen molar-refractivity contribution in [3.63, 3.8) is 0 Å². The van der Waals surface area contributed by atoms with Crippen LogP contribution < -0.4 is 26.4 Å². The molecule has 0 aliphatic rings. The quantitative estimate of drug-likeness (QED) is 0.0440. The van der Waals surface area contributed by atoms with Crippen molar-refractivity contribution < 1.29 is 42.2 Å². The van der Waals surface area contributed by atoms with E-state index in [0.717, 1.165) is 16.7 Å². The van der Waals surface area contributed by atoms with Gasteiger partial charge in [0.2, 0.25) is 15.9 Å². The normalized spacial score (nSPS) is 13.5. The van der Waals surface area contributed by atoms with Crippen LogP contribution in [0.1, 0.15) is 69.1 Å². The number of amides is 3. The SMILES string of the molecule is Cc1ccc(S(=O)(=O)NCCCC[C@@](N)(C(=O)N[C@@H](Cc2ccccc2)C(=O)N[C@H](CO)CCCCNC(=O)OCc2ccccc2)C(=O)OCC(C)C)cc1. The zero-order valence-corrected chi connectivity index (χ0v) is 33.3. The van der Waals surface area contributed by atoms with E-state index in [4.69, 9.17) is 15.2 Å². The van der Waals surface area contributed by atoms with Crippen LogP contribution in [0.2, 0.25) is 0 Å². The number of nitrogens with two attached hydrogens (primary N) is 1. The van der Waals surface area contributed by atoms with Gasteiger partial charge in [0.05, 0.1) is 24.2 Å². The highest BCUT2D eigenvalue weighted by Gasteiger charge is 2.44. The number of unbranched alkanes of at least 4 members (excludes halogenated alkanes) is 2. The highest BCUT2D eigenvalue weighted by Crippen LogP contribution is 2.18. The second-order valence-electron chi connectivity index (χ2n) is 14.2. The van der Waals surface area contributed by atoms with Crippen molar-refractivity contribution in [3.8, 4) is 0 Å². The number of rotatable bonds is 24. The summed E-state index contributed by atoms with van der Waals surface area (Å²) in [6.45, 7) is 5.67. The molecular weight excluding hydrogens is 739 g/mol. The Balaban J connectivity index is 1.62. The predicted octanol–water partition coefficient (Wildman–Crippen LogP) is 3.64. The summed E-state index contributed by atoms with van der Waals surface area (Å²) in [7, 11) is -3.77. The smallest absolute Gasteiger partial charge is 0.407 e. The molecule has 3 aromatic rings. The molecule has 15 heteroatoms. The van der Waals surface area contributed by atoms with Gasteiger partial charge in [-0.15, -0.1) is 0 Å². The maximum atomic E-state index is 14.0. The van der Waals surface area contributed by atoms with E-state index >= 15 is 0 Å². The number of esters is 1. The lowest BCUT2D eigenvalue weighted by Crippen LogP contribution is -2.64. The Bertz CT molecular complexity index is 1780. The number of hydrogen-bond donors (Lipinski definition) is 6. The minimum absolute atomic E-state index is 0.0118. The first-order valence-corrected chi connectivity index (χ1v) is 20.4. The van der Waals surface area contributed by atoms with E-state index in [1.54, 1.807) is 36.4 Å². The van der Waals surface area contributed by atoms with Gasteiger partial charge in [-0.1, -0.05) is 92.2 Å². The van der Waals surface area contributed by atoms with E-state index in [9.17, 15) is 32.7 Å². The molecule has 14 nitrogen and oxygen atoms in total. The van der Waals surface area contributed by atoms with Gasteiger partial charge in [0.25, 0.3) is 5.91 Å². The number of sulfonamides is 1. The molecule has 0 aliphatic heterocycles. The highest BCUT2D eigenvalue weighted by atomic mass is 32.2. The van der Waals surface area contributed by atoms with Crippen molar-refractivity contribution in [1.29, 1.82) is 0 Å². The molecule has 0 aliphatic carbocycles. The number of nitrogens with one attached hydrogen (secondary N) is 4. The Morgan fingerprint density at radius 1 is 0.804 bits per heavy atom. The lowest BCUT2D eigenvalue weighted by atomic mass is 9.91. The van der Waals surface area contributed by atoms with Gasteiger partial charge in [-0.25, -0.2) is 22.7 Å². The Morgan fingerprint density at radius 3 is 2.05 bits per heavy atom. The molecule has 7 N–H and O–H groups in total. The van der Waals surface area contributed by atoms with Gasteiger partial charge in [-0.2, -0.15) is 0 Å². The van der Waals surface area contributed by atoms with E-state index in [2.05, 4.69) is 20.7 Å². The molecule has 0 saturated heterocycles. The maximum absolute atomic E-state index is 14.0. The number of hydrogen-bond acceptors (Lipinski definition) is 10. The average molecular weight is 796 g/mol. The Kier molecular flexibility index (Phi) is 18.9. The van der Waals surface area contributed by atoms with Crippen LogP contribution in [0.15, 0.2) is 89.8 Å². The van der Waals surface area contributed by atoms with Crippen LogP contribution in [-0.4, -0.2) is 81.3 Å². The molecule has 3 atom stereocenters. The minimum Gasteiger partial charge on any atom is -0.464 e. The molecule has 0 spiro atoms. The van der Waals surface area contributed by atoms with Gasteiger partial charge in [0.1, 0.15) is 12.6 Å². The number of carbonyl (C=O) groups is 4. The van der Waals surface area contributed by atoms with Crippen molar-refractivity contribution in [2.75, 3.05) is 26.3 Å². The molecule has 3 aromatic carbocycles. The van der Waals surface area contributed by atoms with Crippen LogP contribution in [0.3, 0.4) is 0 Å². The average Bonchev–Trinajstić information content (AvgIpc) is 3.18. The van der Waals surface area contributed by atoms with E-state index in [-0.39, 0.29) is 62.9 Å². The van der Waals surface area contributed by atoms with E-state index in [0.29, 0.717) is 25.8 Å². The van der Waals surface area contributed by atoms with Crippen molar-refractivity contribution in [2.45, 2.75) is 94.8 Å². The van der Waals surface area contributed by atoms with Gasteiger partial charge in [0.15, 0.2) is 5.54 Å². The second kappa shape index (κ2) is 23.3. The zero-order valence-electron chi connectivity index (χ0n) is 32.5. The fourth-order valence-electron chi connectivity index (χ4n) is 5.55. The molecule has 0 heterocycles. The maximum Gasteiger partial charge on any atom is 0.407 e. The topological polar surface area (TPSA) is 215 Å². The number of carbonyl (C=O) groups excluding carboxylic acids is 4. The molecule has 0 unspecified atom stereocenters. The van der Waals surface area contributed by atoms with Crippen molar-refractivity contribution in [2.24, 2.45) is 11.7 Å². The molecule has 0 radical (unpaired) electrons. The molecule has 0 saturated carbocycles. The highest BCUT2D eigenvalue weighted by molar-refractivity contribution is 7.89. The Morgan fingerprint density at radius 2 is 1.43 bits per heavy atom. The Labute approximate surface area is 330 Å². The van der Waals surface area contributed by atoms with E-state index < -0.39 is 51.5 Å². The lowest BCUT2D eigenvalue weighted by Gasteiger charge is -2.29. The summed E-state index contributed by atoms with van der Waals surface area (Å²) in [6.07, 6.45) is 1.24. The summed E-state index contributed by atoms with van der Waals surface area (Å²) in [5.74, 6) is -2.52. The van der Waals surface area contributed by atoms with Crippen LogP contribution in [0.25, 0.3) is 0 Å². The van der Waals surface area contributed by atoms with Crippen molar-refractivity contribution in [1.82, 2.24) is 20.7 Å². The van der Waals surface area contributed by atoms with Crippen LogP contribution in [0, 0.1) is 12.8 Å². The van der Waals surface area contributed by atoms with Gasteiger partial charge >= 0.3 is 12.1 Å². The molecule has 3 amide bonds. The molecule has 0 bridgehead atoms. The van der Waals surface area contributed by atoms with Gasteiger partial charge in [-0.05, 0) is 74.6 Å². The summed E-state index contributed by atoms with van der Waals surface area (Å²) >= 11 is 0. The third-order valence-corrected chi connectivity index (χ3v) is 10.3. The monoisotopic (exact) mass is 795 g/mol. The number of alkyl carbamates (subject to hydrolysis) is 1. The third kappa shape index (κ3) is 15.7. The lowest BCUT2D eigenvalue weighted by molar-refractivity contribution is -0.156. The first kappa shape index (κ1) is 45.6. The largest absolute Gasteiger partial charge is 0.464 e. The van der Waals surface area contributed by atoms with Crippen molar-refractivity contribution >= 4 is 33.9 Å². The van der Waals surface area contributed by atoms with Crippen LogP contribution in [-0.2, 0) is 46.9 Å². The number of benzene rings is 3. The number of aliphatic hydroxyl groups excluding tert-OH is 1. The van der Waals surface area contributed by atoms with E-state index in [1.165, 1.54) is 12.1 Å². The van der Waals surface area contributed by atoms with Gasteiger partial charge in [0, 0.05) is 19.5 Å².